The van der Waals surface area contributed by atoms with E-state index >= 15 is 0 Å². The van der Waals surface area contributed by atoms with Gasteiger partial charge in [0.05, 0.1) is 0 Å². The number of para-hydroxylation sites is 1. The van der Waals surface area contributed by atoms with Crippen LogP contribution in [0.2, 0.25) is 0 Å². The first-order valence-corrected chi connectivity index (χ1v) is 18.8. The largest absolute Gasteiger partial charge is 0.455 e. The quantitative estimate of drug-likeness (QED) is 0.179. The molecule has 0 spiro atoms. The number of hydrogen-bond donors (Lipinski definition) is 0. The molecule has 0 atom stereocenters. The van der Waals surface area contributed by atoms with E-state index in [0.717, 1.165) is 71.7 Å². The highest BCUT2D eigenvalue weighted by Gasteiger charge is 2.21. The molecule has 54 heavy (non-hydrogen) atoms. The van der Waals surface area contributed by atoms with Crippen LogP contribution in [0, 0.1) is 0 Å². The second kappa shape index (κ2) is 12.3. The van der Waals surface area contributed by atoms with Crippen LogP contribution in [0.15, 0.2) is 180 Å². The van der Waals surface area contributed by atoms with Crippen molar-refractivity contribution in [2.45, 2.75) is 0 Å². The number of benzene rings is 8. The van der Waals surface area contributed by atoms with Crippen molar-refractivity contribution in [2.75, 3.05) is 0 Å². The molecule has 0 aliphatic heterocycles. The molecular formula is C49H29N3OS. The van der Waals surface area contributed by atoms with Crippen molar-refractivity contribution in [3.63, 3.8) is 0 Å². The monoisotopic (exact) mass is 707 g/mol. The smallest absolute Gasteiger partial charge is 0.164 e. The first-order chi connectivity index (χ1) is 26.7. The van der Waals surface area contributed by atoms with E-state index in [1.165, 1.54) is 20.2 Å². The summed E-state index contributed by atoms with van der Waals surface area (Å²) in [6.07, 6.45) is 0. The molecule has 11 aromatic rings. The molecule has 0 saturated heterocycles. The third-order valence-corrected chi connectivity index (χ3v) is 11.5. The molecule has 0 fully saturated rings. The third-order valence-electron chi connectivity index (χ3n) is 10.3. The predicted octanol–water partition coefficient (Wildman–Crippen LogP) is 13.6. The number of aromatic nitrogens is 3. The Bertz CT molecular complexity index is 3220. The van der Waals surface area contributed by atoms with E-state index in [-0.39, 0.29) is 0 Å². The lowest BCUT2D eigenvalue weighted by molar-refractivity contribution is 0.674. The summed E-state index contributed by atoms with van der Waals surface area (Å²) >= 11 is 1.79. The normalized spacial score (nSPS) is 11.7. The van der Waals surface area contributed by atoms with E-state index in [1.807, 2.05) is 12.1 Å². The maximum atomic E-state index is 6.80. The second-order valence-corrected chi connectivity index (χ2v) is 14.6. The van der Waals surface area contributed by atoms with Crippen molar-refractivity contribution >= 4 is 64.2 Å². The summed E-state index contributed by atoms with van der Waals surface area (Å²) < 4.78 is 9.27. The van der Waals surface area contributed by atoms with E-state index < -0.39 is 0 Å². The van der Waals surface area contributed by atoms with Crippen LogP contribution < -0.4 is 0 Å². The molecule has 3 heterocycles. The number of nitrogens with zero attached hydrogens (tertiary/aromatic N) is 3. The van der Waals surface area contributed by atoms with Crippen LogP contribution in [-0.4, -0.2) is 15.0 Å². The Morgan fingerprint density at radius 3 is 1.70 bits per heavy atom. The van der Waals surface area contributed by atoms with Crippen molar-refractivity contribution in [1.29, 1.82) is 0 Å². The molecule has 4 nitrogen and oxygen atoms in total. The summed E-state index contributed by atoms with van der Waals surface area (Å²) in [7, 11) is 0. The summed E-state index contributed by atoms with van der Waals surface area (Å²) in [5.74, 6) is 1.87. The second-order valence-electron chi connectivity index (χ2n) is 13.6. The summed E-state index contributed by atoms with van der Waals surface area (Å²) in [6.45, 7) is 0. The van der Waals surface area contributed by atoms with Crippen LogP contribution in [0.1, 0.15) is 0 Å². The zero-order valence-electron chi connectivity index (χ0n) is 28.9. The van der Waals surface area contributed by atoms with Crippen molar-refractivity contribution < 1.29 is 4.42 Å². The van der Waals surface area contributed by atoms with Gasteiger partial charge in [0, 0.05) is 58.6 Å². The Morgan fingerprint density at radius 2 is 0.889 bits per heavy atom. The Balaban J connectivity index is 1.17. The fraction of sp³-hybridized carbons (Fsp3) is 0. The van der Waals surface area contributed by atoms with Gasteiger partial charge in [0.25, 0.3) is 0 Å². The van der Waals surface area contributed by atoms with Gasteiger partial charge in [0.15, 0.2) is 17.5 Å². The maximum Gasteiger partial charge on any atom is 0.164 e. The Labute approximate surface area is 314 Å². The lowest BCUT2D eigenvalue weighted by Gasteiger charge is -2.12. The average Bonchev–Trinajstić information content (AvgIpc) is 3.82. The third kappa shape index (κ3) is 5.01. The van der Waals surface area contributed by atoms with Crippen molar-refractivity contribution in [2.24, 2.45) is 0 Å². The molecule has 0 aliphatic rings. The van der Waals surface area contributed by atoms with Gasteiger partial charge in [-0.25, -0.2) is 15.0 Å². The van der Waals surface area contributed by atoms with E-state index in [2.05, 4.69) is 164 Å². The summed E-state index contributed by atoms with van der Waals surface area (Å²) in [5, 5.41) is 6.62. The van der Waals surface area contributed by atoms with Gasteiger partial charge in [-0.3, -0.25) is 0 Å². The van der Waals surface area contributed by atoms with Gasteiger partial charge >= 0.3 is 0 Å². The van der Waals surface area contributed by atoms with Crippen molar-refractivity contribution in [3.8, 4) is 56.4 Å². The number of furan rings is 1. The average molecular weight is 708 g/mol. The Hall–Kier alpha value is -6.95. The highest BCUT2D eigenvalue weighted by molar-refractivity contribution is 7.25. The van der Waals surface area contributed by atoms with Gasteiger partial charge in [0.2, 0.25) is 0 Å². The standard InChI is InChI=1S/C49H29N3OS/c1-3-13-30(14-4-1)32-17-11-18-33(27-32)47-50-48(34-25-26-38-37-20-9-10-24-43(37)54-44(38)28-34)52-49(51-47)42-29-41-40-23-12-22-35(31-15-5-2-6-16-31)45(40)53-46(41)39-21-8-7-19-36(39)42/h1-29H. The minimum absolute atomic E-state index is 0.614. The minimum atomic E-state index is 0.614. The number of fused-ring (bicyclic) bond motifs is 8. The van der Waals surface area contributed by atoms with Gasteiger partial charge < -0.3 is 4.42 Å². The van der Waals surface area contributed by atoms with E-state index in [1.54, 1.807) is 11.3 Å². The Morgan fingerprint density at radius 1 is 0.315 bits per heavy atom. The van der Waals surface area contributed by atoms with E-state index in [9.17, 15) is 0 Å². The number of rotatable bonds is 5. The summed E-state index contributed by atoms with van der Waals surface area (Å²) in [4.78, 5) is 15.7. The topological polar surface area (TPSA) is 51.8 Å². The highest BCUT2D eigenvalue weighted by atomic mass is 32.1. The van der Waals surface area contributed by atoms with Gasteiger partial charge in [-0.15, -0.1) is 11.3 Å². The Kier molecular flexibility index (Phi) is 7.00. The molecule has 11 rings (SSSR count). The summed E-state index contributed by atoms with van der Waals surface area (Å²) in [5.41, 5.74) is 8.96. The molecule has 5 heteroatoms. The van der Waals surface area contributed by atoms with Gasteiger partial charge in [-0.1, -0.05) is 152 Å². The predicted molar refractivity (Wildman–Crippen MR) is 225 cm³/mol. The first kappa shape index (κ1) is 30.7. The van der Waals surface area contributed by atoms with Crippen LogP contribution in [-0.2, 0) is 0 Å². The van der Waals surface area contributed by atoms with Crippen molar-refractivity contribution in [1.82, 2.24) is 15.0 Å². The molecule has 8 aromatic carbocycles. The minimum Gasteiger partial charge on any atom is -0.455 e. The number of thiophene rings is 1. The molecule has 0 unspecified atom stereocenters. The lowest BCUT2D eigenvalue weighted by Crippen LogP contribution is -2.01. The van der Waals surface area contributed by atoms with Crippen LogP contribution in [0.3, 0.4) is 0 Å². The molecule has 3 aromatic heterocycles. The van der Waals surface area contributed by atoms with Gasteiger partial charge in [-0.05, 0) is 46.3 Å². The van der Waals surface area contributed by atoms with Crippen LogP contribution in [0.4, 0.5) is 0 Å². The van der Waals surface area contributed by atoms with Crippen LogP contribution in [0.5, 0.6) is 0 Å². The fourth-order valence-corrected chi connectivity index (χ4v) is 8.88. The molecule has 0 bridgehead atoms. The van der Waals surface area contributed by atoms with Crippen molar-refractivity contribution in [3.05, 3.63) is 176 Å². The molecule has 0 saturated carbocycles. The molecule has 252 valence electrons. The lowest BCUT2D eigenvalue weighted by atomic mass is 9.98. The van der Waals surface area contributed by atoms with Crippen LogP contribution >= 0.6 is 11.3 Å². The van der Waals surface area contributed by atoms with Gasteiger partial charge in [-0.2, -0.15) is 0 Å². The fourth-order valence-electron chi connectivity index (χ4n) is 7.74. The van der Waals surface area contributed by atoms with E-state index in [4.69, 9.17) is 19.4 Å². The first-order valence-electron chi connectivity index (χ1n) is 18.0. The maximum absolute atomic E-state index is 6.80. The molecule has 0 aliphatic carbocycles. The SMILES string of the molecule is c1ccc(-c2cccc(-c3nc(-c4ccc5c(c4)sc4ccccc45)nc(-c4cc5c6cccc(-c7ccccc7)c6oc5c5ccccc45)n3)c2)cc1. The molecular weight excluding hydrogens is 679 g/mol. The summed E-state index contributed by atoms with van der Waals surface area (Å²) in [6, 6.07) is 61.4. The van der Waals surface area contributed by atoms with Gasteiger partial charge in [0.1, 0.15) is 11.2 Å². The molecule has 0 N–H and O–H groups in total. The van der Waals surface area contributed by atoms with E-state index in [0.29, 0.717) is 17.5 Å². The molecule has 0 amide bonds. The molecule has 0 radical (unpaired) electrons. The van der Waals surface area contributed by atoms with Crippen LogP contribution in [0.25, 0.3) is 109 Å². The number of hydrogen-bond acceptors (Lipinski definition) is 5. The zero-order chi connectivity index (χ0) is 35.6. The zero-order valence-corrected chi connectivity index (χ0v) is 29.7. The highest BCUT2D eigenvalue weighted by Crippen LogP contribution is 2.43.